The molecule has 65 heavy (non-hydrogen) atoms. The standard InChI is InChI=1S/C49H54F2N8O6/c1-24(2)39(56-46(62)64-5)44(60)58-23-48(15-16-48)21-38(58)42-52-22-37(55-42)28-9-13-32-31-12-8-26(18-33(31)49(50,51)34(32)19-28)27-10-14-35-36(20-27)54-43(53-35)41-29-7-11-30(17-29)59(41)45(61)40(25(3)4)57-47(63)65-6/h8-10,12-14,18-20,22,24-25,29-30,38-41H,7,11,15-17,21,23H2,1-6H3,(H,52,55)(H,53,54)(H,56,62)(H,57,63)/t29-,30-,38+,39-,40+,41+/m1/s1. The number of piperidine rings is 1. The molecule has 14 nitrogen and oxygen atoms in total. The molecule has 0 unspecified atom stereocenters. The second-order valence-corrected chi connectivity index (χ2v) is 19.4. The van der Waals surface area contributed by atoms with Crippen LogP contribution in [0.15, 0.2) is 60.8 Å². The molecule has 2 saturated heterocycles. The van der Waals surface area contributed by atoms with Crippen molar-refractivity contribution in [3.8, 4) is 33.5 Å². The third-order valence-corrected chi connectivity index (χ3v) is 14.7. The first kappa shape index (κ1) is 42.6. The monoisotopic (exact) mass is 888 g/mol. The van der Waals surface area contributed by atoms with E-state index in [9.17, 15) is 19.2 Å². The van der Waals surface area contributed by atoms with E-state index >= 15 is 8.78 Å². The number of methoxy groups -OCH3 is 2. The van der Waals surface area contributed by atoms with Crippen LogP contribution in [0.1, 0.15) is 101 Å². The van der Waals surface area contributed by atoms with Crippen molar-refractivity contribution in [1.29, 1.82) is 0 Å². The smallest absolute Gasteiger partial charge is 0.407 e. The lowest BCUT2D eigenvalue weighted by Crippen LogP contribution is -2.54. The summed E-state index contributed by atoms with van der Waals surface area (Å²) in [5, 5.41) is 5.43. The number of imidazole rings is 2. The topological polar surface area (TPSA) is 175 Å². The molecule has 2 aromatic heterocycles. The Balaban J connectivity index is 0.896. The Morgan fingerprint density at radius 2 is 1.40 bits per heavy atom. The van der Waals surface area contributed by atoms with E-state index < -0.39 is 30.2 Å². The second kappa shape index (κ2) is 15.7. The van der Waals surface area contributed by atoms with Gasteiger partial charge < -0.3 is 39.9 Å². The predicted octanol–water partition coefficient (Wildman–Crippen LogP) is 8.61. The Morgan fingerprint density at radius 3 is 2.05 bits per heavy atom. The van der Waals surface area contributed by atoms with Crippen molar-refractivity contribution in [2.24, 2.45) is 23.2 Å². The van der Waals surface area contributed by atoms with E-state index in [2.05, 4.69) is 20.6 Å². The summed E-state index contributed by atoms with van der Waals surface area (Å²) in [6.07, 6.45) is 5.75. The number of carbonyl (C=O) groups is 4. The molecular formula is C49H54F2N8O6. The molecule has 4 amide bonds. The number of H-pyrrole nitrogens is 2. The second-order valence-electron chi connectivity index (χ2n) is 19.4. The van der Waals surface area contributed by atoms with Crippen LogP contribution in [0.25, 0.3) is 44.5 Å². The summed E-state index contributed by atoms with van der Waals surface area (Å²) in [4.78, 5) is 72.6. The Labute approximate surface area is 375 Å². The molecule has 16 heteroatoms. The largest absolute Gasteiger partial charge is 0.453 e. The van der Waals surface area contributed by atoms with Gasteiger partial charge >= 0.3 is 12.2 Å². The number of ether oxygens (including phenoxy) is 2. The molecule has 10 rings (SSSR count). The number of hydrogen-bond acceptors (Lipinski definition) is 8. The van der Waals surface area contributed by atoms with Crippen molar-refractivity contribution in [3.63, 3.8) is 0 Å². The van der Waals surface area contributed by atoms with Gasteiger partial charge in [0, 0.05) is 29.3 Å². The molecule has 340 valence electrons. The minimum Gasteiger partial charge on any atom is -0.453 e. The van der Waals surface area contributed by atoms with E-state index in [0.29, 0.717) is 51.7 Å². The molecule has 5 aromatic rings. The fourth-order valence-electron chi connectivity index (χ4n) is 11.0. The van der Waals surface area contributed by atoms with Gasteiger partial charge in [0.25, 0.3) is 5.92 Å². The van der Waals surface area contributed by atoms with Gasteiger partial charge in [-0.25, -0.2) is 19.6 Å². The first-order valence-electron chi connectivity index (χ1n) is 22.6. The molecule has 3 aromatic carbocycles. The maximum atomic E-state index is 16.7. The number of nitrogens with zero attached hydrogens (tertiary/aromatic N) is 4. The third-order valence-electron chi connectivity index (χ3n) is 14.7. The van der Waals surface area contributed by atoms with Crippen LogP contribution >= 0.6 is 0 Å². The van der Waals surface area contributed by atoms with E-state index in [1.807, 2.05) is 62.9 Å². The molecule has 2 bridgehead atoms. The number of alkyl halides is 2. The van der Waals surface area contributed by atoms with Gasteiger partial charge in [0.05, 0.1) is 49.2 Å². The number of benzene rings is 3. The lowest BCUT2D eigenvalue weighted by atomic mass is 9.95. The van der Waals surface area contributed by atoms with Crippen molar-refractivity contribution < 1.29 is 37.4 Å². The summed E-state index contributed by atoms with van der Waals surface area (Å²) in [5.41, 5.74) is 4.68. The highest BCUT2D eigenvalue weighted by Crippen LogP contribution is 2.59. The van der Waals surface area contributed by atoms with Crippen molar-refractivity contribution in [2.75, 3.05) is 20.8 Å². The quantitative estimate of drug-likeness (QED) is 0.108. The maximum Gasteiger partial charge on any atom is 0.407 e. The average Bonchev–Trinajstić information content (AvgIpc) is 3.95. The Hall–Kier alpha value is -6.32. The van der Waals surface area contributed by atoms with Crippen LogP contribution in [0.5, 0.6) is 0 Å². The van der Waals surface area contributed by atoms with Crippen molar-refractivity contribution in [2.45, 2.75) is 102 Å². The van der Waals surface area contributed by atoms with Crippen LogP contribution in [0.4, 0.5) is 18.4 Å². The van der Waals surface area contributed by atoms with Gasteiger partial charge in [0.1, 0.15) is 23.7 Å². The summed E-state index contributed by atoms with van der Waals surface area (Å²) in [6, 6.07) is 13.8. The highest BCUT2D eigenvalue weighted by Gasteiger charge is 2.56. The molecule has 2 saturated carbocycles. The van der Waals surface area contributed by atoms with E-state index in [4.69, 9.17) is 19.4 Å². The van der Waals surface area contributed by atoms with Crippen LogP contribution in [-0.2, 0) is 25.0 Å². The van der Waals surface area contributed by atoms with Gasteiger partial charge in [0.15, 0.2) is 0 Å². The molecule has 2 aliphatic heterocycles. The average molecular weight is 889 g/mol. The lowest BCUT2D eigenvalue weighted by molar-refractivity contribution is -0.139. The number of fused-ring (bicyclic) bond motifs is 6. The number of halogens is 2. The summed E-state index contributed by atoms with van der Waals surface area (Å²) >= 11 is 0. The maximum absolute atomic E-state index is 16.7. The summed E-state index contributed by atoms with van der Waals surface area (Å²) in [6.45, 7) is 8.09. The number of alkyl carbamates (subject to hydrolysis) is 2. The summed E-state index contributed by atoms with van der Waals surface area (Å²) in [7, 11) is 2.54. The fraction of sp³-hybridized carbons (Fsp3) is 0.469. The van der Waals surface area contributed by atoms with E-state index in [1.54, 1.807) is 29.3 Å². The molecule has 6 atom stereocenters. The van der Waals surface area contributed by atoms with Gasteiger partial charge in [-0.15, -0.1) is 0 Å². The number of aromatic nitrogens is 4. The number of hydrogen-bond donors (Lipinski definition) is 4. The normalized spacial score (nSPS) is 22.9. The molecule has 3 aliphatic carbocycles. The summed E-state index contributed by atoms with van der Waals surface area (Å²) < 4.78 is 43.0. The highest BCUT2D eigenvalue weighted by molar-refractivity contribution is 5.89. The SMILES string of the molecule is COC(=O)N[C@H](C(=O)N1[C@@H]2CC[C@H](C2)[C@H]1c1nc2ccc(-c3ccc4c(c3)C(F)(F)c3cc(-c5cnc([C@@H]6CC7(CC7)CN6C(=O)[C@H](NC(=O)OC)C(C)C)[nH]5)ccc3-4)cc2[nH]1)C(C)C. The number of nitrogens with one attached hydrogen (secondary N) is 4. The van der Waals surface area contributed by atoms with E-state index in [-0.39, 0.29) is 64.2 Å². The van der Waals surface area contributed by atoms with Crippen LogP contribution in [0.3, 0.4) is 0 Å². The van der Waals surface area contributed by atoms with Gasteiger partial charge in [-0.1, -0.05) is 58.0 Å². The van der Waals surface area contributed by atoms with Crippen molar-refractivity contribution in [1.82, 2.24) is 40.4 Å². The van der Waals surface area contributed by atoms with Crippen LogP contribution < -0.4 is 10.6 Å². The number of likely N-dealkylation sites (tertiary alicyclic amines) is 2. The Bertz CT molecular complexity index is 2740. The Kier molecular flexibility index (Phi) is 10.3. The molecule has 1 spiro atoms. The zero-order chi connectivity index (χ0) is 45.7. The minimum atomic E-state index is -3.29. The predicted molar refractivity (Wildman–Crippen MR) is 237 cm³/mol. The molecule has 4 N–H and O–H groups in total. The molecule has 5 aliphatic rings. The van der Waals surface area contributed by atoms with Crippen molar-refractivity contribution in [3.05, 3.63) is 83.6 Å². The fourth-order valence-corrected chi connectivity index (χ4v) is 11.0. The minimum absolute atomic E-state index is 0.0102. The van der Waals surface area contributed by atoms with Crippen LogP contribution in [0, 0.1) is 23.2 Å². The number of rotatable bonds is 10. The van der Waals surface area contributed by atoms with E-state index in [0.717, 1.165) is 49.6 Å². The Morgan fingerprint density at radius 1 is 0.785 bits per heavy atom. The van der Waals surface area contributed by atoms with Crippen molar-refractivity contribution >= 4 is 35.0 Å². The van der Waals surface area contributed by atoms with Gasteiger partial charge in [-0.2, -0.15) is 8.78 Å². The number of carbonyl (C=O) groups excluding carboxylic acids is 4. The molecular weight excluding hydrogens is 835 g/mol. The molecule has 4 heterocycles. The number of aromatic amines is 2. The summed E-state index contributed by atoms with van der Waals surface area (Å²) in [5.74, 6) is -2.53. The van der Waals surface area contributed by atoms with Crippen LogP contribution in [0.2, 0.25) is 0 Å². The zero-order valence-electron chi connectivity index (χ0n) is 37.3. The van der Waals surface area contributed by atoms with Crippen LogP contribution in [-0.4, -0.2) is 92.6 Å². The highest BCUT2D eigenvalue weighted by atomic mass is 19.3. The third kappa shape index (κ3) is 7.19. The van der Waals surface area contributed by atoms with Gasteiger partial charge in [-0.3, -0.25) is 9.59 Å². The number of amides is 4. The first-order chi connectivity index (χ1) is 31.1. The molecule has 4 fully saturated rings. The molecule has 0 radical (unpaired) electrons. The zero-order valence-corrected chi connectivity index (χ0v) is 37.3. The first-order valence-corrected chi connectivity index (χ1v) is 22.6. The van der Waals surface area contributed by atoms with Gasteiger partial charge in [-0.05, 0) is 108 Å². The lowest BCUT2D eigenvalue weighted by Gasteiger charge is -2.37. The van der Waals surface area contributed by atoms with E-state index in [1.165, 1.54) is 20.3 Å². The van der Waals surface area contributed by atoms with Gasteiger partial charge in [0.2, 0.25) is 11.8 Å².